The van der Waals surface area contributed by atoms with Crippen LogP contribution < -0.4 is 11.3 Å². The minimum Gasteiger partial charge on any atom is -0.398 e. The average Bonchev–Trinajstić information content (AvgIpc) is 2.86. The third-order valence-electron chi connectivity index (χ3n) is 2.34. The first kappa shape index (κ1) is 14.4. The van der Waals surface area contributed by atoms with E-state index in [9.17, 15) is 4.79 Å². The second kappa shape index (κ2) is 6.97. The summed E-state index contributed by atoms with van der Waals surface area (Å²) in [7, 11) is 0. The summed E-state index contributed by atoms with van der Waals surface area (Å²) >= 11 is 4.87. The average molecular weight is 314 g/mol. The molecule has 8 heteroatoms. The van der Waals surface area contributed by atoms with E-state index >= 15 is 0 Å². The van der Waals surface area contributed by atoms with Crippen LogP contribution >= 0.6 is 34.9 Å². The van der Waals surface area contributed by atoms with Crippen molar-refractivity contribution in [2.75, 3.05) is 17.7 Å². The molecule has 2 N–H and O–H groups in total. The highest BCUT2D eigenvalue weighted by molar-refractivity contribution is 8.02. The number of thioether (sulfide) groups is 2. The smallest absolute Gasteiger partial charge is 0.250 e. The number of nitrogens with two attached hydrogens (primary N) is 1. The second-order valence-electron chi connectivity index (χ2n) is 3.73. The summed E-state index contributed by atoms with van der Waals surface area (Å²) in [6.45, 7) is 0.672. The minimum absolute atomic E-state index is 0.0141. The molecule has 19 heavy (non-hydrogen) atoms. The first-order valence-electron chi connectivity index (χ1n) is 5.65. The predicted molar refractivity (Wildman–Crippen MR) is 82.1 cm³/mol. The molecule has 0 amide bonds. The van der Waals surface area contributed by atoms with Crippen LogP contribution in [0.5, 0.6) is 0 Å². The van der Waals surface area contributed by atoms with Gasteiger partial charge in [-0.2, -0.15) is 0 Å². The summed E-state index contributed by atoms with van der Waals surface area (Å²) in [5.74, 6) is 0.907. The van der Waals surface area contributed by atoms with Gasteiger partial charge < -0.3 is 10.3 Å². The number of pyridine rings is 1. The Hall–Kier alpha value is -0.990. The molecule has 0 spiro atoms. The molecule has 0 fully saturated rings. The van der Waals surface area contributed by atoms with Crippen molar-refractivity contribution < 1.29 is 0 Å². The van der Waals surface area contributed by atoms with Crippen LogP contribution in [0.25, 0.3) is 0 Å². The lowest BCUT2D eigenvalue weighted by Crippen LogP contribution is -2.19. The van der Waals surface area contributed by atoms with Gasteiger partial charge in [-0.05, 0) is 18.7 Å². The number of nitrogens with zero attached hydrogens (tertiary/aromatic N) is 3. The molecule has 2 aromatic heterocycles. The molecule has 0 aliphatic rings. The molecular weight excluding hydrogens is 300 g/mol. The minimum atomic E-state index is -0.0141. The third kappa shape index (κ3) is 4.26. The normalized spacial score (nSPS) is 10.8. The van der Waals surface area contributed by atoms with E-state index in [0.717, 1.165) is 20.9 Å². The van der Waals surface area contributed by atoms with E-state index in [1.54, 1.807) is 51.7 Å². The SMILES string of the molecule is CSc1nnc(SCCCn2cc(N)ccc2=O)s1. The molecule has 2 rings (SSSR count). The van der Waals surface area contributed by atoms with Gasteiger partial charge in [-0.3, -0.25) is 4.79 Å². The van der Waals surface area contributed by atoms with Crippen molar-refractivity contribution in [3.63, 3.8) is 0 Å². The molecule has 102 valence electrons. The second-order valence-corrected chi connectivity index (χ2v) is 7.11. The topological polar surface area (TPSA) is 73.8 Å². The Morgan fingerprint density at radius 2 is 2.16 bits per heavy atom. The molecule has 0 atom stereocenters. The van der Waals surface area contributed by atoms with Crippen LogP contribution in [-0.4, -0.2) is 26.8 Å². The molecule has 0 unspecified atom stereocenters. The Labute approximate surface area is 123 Å². The number of nitrogen functional groups attached to an aromatic ring is 1. The molecule has 0 aliphatic heterocycles. The zero-order chi connectivity index (χ0) is 13.7. The van der Waals surface area contributed by atoms with Crippen LogP contribution in [0.2, 0.25) is 0 Å². The van der Waals surface area contributed by atoms with Crippen LogP contribution in [0.4, 0.5) is 5.69 Å². The van der Waals surface area contributed by atoms with E-state index in [-0.39, 0.29) is 5.56 Å². The zero-order valence-corrected chi connectivity index (χ0v) is 12.9. The van der Waals surface area contributed by atoms with Crippen molar-refractivity contribution in [2.45, 2.75) is 21.6 Å². The number of aryl methyl sites for hydroxylation is 1. The Kier molecular flexibility index (Phi) is 5.29. The summed E-state index contributed by atoms with van der Waals surface area (Å²) in [6, 6.07) is 3.12. The van der Waals surface area contributed by atoms with E-state index in [0.29, 0.717) is 12.2 Å². The van der Waals surface area contributed by atoms with Crippen molar-refractivity contribution in [3.05, 3.63) is 28.7 Å². The van der Waals surface area contributed by atoms with Gasteiger partial charge in [-0.1, -0.05) is 34.9 Å². The van der Waals surface area contributed by atoms with Crippen LogP contribution in [0, 0.1) is 0 Å². The van der Waals surface area contributed by atoms with Gasteiger partial charge in [0.1, 0.15) is 0 Å². The Balaban J connectivity index is 1.80. The maximum Gasteiger partial charge on any atom is 0.250 e. The van der Waals surface area contributed by atoms with E-state index < -0.39 is 0 Å². The lowest BCUT2D eigenvalue weighted by Gasteiger charge is -2.05. The number of rotatable bonds is 6. The molecular formula is C11H14N4OS3. The fraction of sp³-hybridized carbons (Fsp3) is 0.364. The summed E-state index contributed by atoms with van der Waals surface area (Å²) < 4.78 is 3.60. The van der Waals surface area contributed by atoms with Gasteiger partial charge in [0.05, 0.1) is 0 Å². The molecule has 0 saturated heterocycles. The number of anilines is 1. The van der Waals surface area contributed by atoms with E-state index in [1.165, 1.54) is 6.07 Å². The first-order valence-corrected chi connectivity index (χ1v) is 8.68. The Bertz CT molecular complexity index is 596. The fourth-order valence-electron chi connectivity index (χ4n) is 1.46. The highest BCUT2D eigenvalue weighted by Crippen LogP contribution is 2.27. The van der Waals surface area contributed by atoms with Gasteiger partial charge >= 0.3 is 0 Å². The van der Waals surface area contributed by atoms with Gasteiger partial charge in [0.15, 0.2) is 8.68 Å². The van der Waals surface area contributed by atoms with E-state index in [4.69, 9.17) is 5.73 Å². The van der Waals surface area contributed by atoms with Crippen LogP contribution in [0.3, 0.4) is 0 Å². The van der Waals surface area contributed by atoms with Gasteiger partial charge in [0.25, 0.3) is 5.56 Å². The quantitative estimate of drug-likeness (QED) is 0.651. The van der Waals surface area contributed by atoms with Crippen molar-refractivity contribution in [1.29, 1.82) is 0 Å². The largest absolute Gasteiger partial charge is 0.398 e. The van der Waals surface area contributed by atoms with Gasteiger partial charge in [0.2, 0.25) is 0 Å². The lowest BCUT2D eigenvalue weighted by atomic mass is 10.4. The van der Waals surface area contributed by atoms with E-state index in [2.05, 4.69) is 10.2 Å². The van der Waals surface area contributed by atoms with Gasteiger partial charge in [0, 0.05) is 30.2 Å². The molecule has 2 heterocycles. The van der Waals surface area contributed by atoms with Crippen molar-refractivity contribution in [2.24, 2.45) is 0 Å². The highest BCUT2D eigenvalue weighted by atomic mass is 32.2. The highest BCUT2D eigenvalue weighted by Gasteiger charge is 2.03. The predicted octanol–water partition coefficient (Wildman–Crippen LogP) is 2.19. The Morgan fingerprint density at radius 1 is 1.37 bits per heavy atom. The number of aromatic nitrogens is 3. The monoisotopic (exact) mass is 314 g/mol. The molecule has 0 saturated carbocycles. The fourth-order valence-corrected chi connectivity index (χ4v) is 3.89. The number of hydrogen-bond donors (Lipinski definition) is 1. The third-order valence-corrected chi connectivity index (χ3v) is 5.46. The summed E-state index contributed by atoms with van der Waals surface area (Å²) in [5, 5.41) is 8.12. The molecule has 0 aromatic carbocycles. The standard InChI is InChI=1S/C11H14N4OS3/c1-17-10-13-14-11(19-10)18-6-2-5-15-7-8(12)3-4-9(15)16/h3-4,7H,2,5-6,12H2,1H3. The van der Waals surface area contributed by atoms with E-state index in [1.807, 2.05) is 6.26 Å². The summed E-state index contributed by atoms with van der Waals surface area (Å²) in [5.41, 5.74) is 6.25. The van der Waals surface area contributed by atoms with Crippen molar-refractivity contribution in [3.8, 4) is 0 Å². The van der Waals surface area contributed by atoms with Crippen molar-refractivity contribution in [1.82, 2.24) is 14.8 Å². The maximum absolute atomic E-state index is 11.6. The molecule has 5 nitrogen and oxygen atoms in total. The first-order chi connectivity index (χ1) is 9.19. The van der Waals surface area contributed by atoms with Gasteiger partial charge in [-0.15, -0.1) is 10.2 Å². The van der Waals surface area contributed by atoms with Crippen molar-refractivity contribution >= 4 is 40.5 Å². The Morgan fingerprint density at radius 3 is 2.89 bits per heavy atom. The van der Waals surface area contributed by atoms with Crippen LogP contribution in [-0.2, 0) is 6.54 Å². The van der Waals surface area contributed by atoms with Crippen LogP contribution in [0.1, 0.15) is 6.42 Å². The van der Waals surface area contributed by atoms with Gasteiger partial charge in [-0.25, -0.2) is 0 Å². The molecule has 0 radical (unpaired) electrons. The van der Waals surface area contributed by atoms with Crippen LogP contribution in [0.15, 0.2) is 31.8 Å². The summed E-state index contributed by atoms with van der Waals surface area (Å²) in [4.78, 5) is 11.6. The molecule has 0 aliphatic carbocycles. The zero-order valence-electron chi connectivity index (χ0n) is 10.4. The summed E-state index contributed by atoms with van der Waals surface area (Å²) in [6.07, 6.45) is 4.56. The molecule has 2 aromatic rings. The lowest BCUT2D eigenvalue weighted by molar-refractivity contribution is 0.660. The molecule has 0 bridgehead atoms. The maximum atomic E-state index is 11.6. The number of hydrogen-bond acceptors (Lipinski definition) is 7.